The molecule has 0 radical (unpaired) electrons. The Bertz CT molecular complexity index is 1020. The number of aromatic nitrogens is 3. The van der Waals surface area contributed by atoms with Crippen LogP contribution in [0.3, 0.4) is 0 Å². The normalized spacial score (nSPS) is 14.0. The zero-order valence-corrected chi connectivity index (χ0v) is 15.7. The van der Waals surface area contributed by atoms with Crippen LogP contribution in [0.2, 0.25) is 5.02 Å². The Hall–Kier alpha value is -2.70. The highest BCUT2D eigenvalue weighted by Crippen LogP contribution is 2.23. The average molecular weight is 383 g/mol. The Morgan fingerprint density at radius 2 is 2.07 bits per heavy atom. The van der Waals surface area contributed by atoms with Crippen LogP contribution in [0.15, 0.2) is 47.5 Å². The monoisotopic (exact) mass is 382 g/mol. The zero-order chi connectivity index (χ0) is 18.8. The van der Waals surface area contributed by atoms with Crippen LogP contribution in [-0.2, 0) is 19.5 Å². The minimum atomic E-state index is -0.0900. The number of ether oxygens (including phenoxy) is 1. The fraction of sp³-hybridized carbons (Fsp3) is 0.250. The predicted octanol–water partition coefficient (Wildman–Crippen LogP) is 3.05. The van der Waals surface area contributed by atoms with Gasteiger partial charge in [-0.1, -0.05) is 11.6 Å². The molecule has 138 valence electrons. The largest absolute Gasteiger partial charge is 0.496 e. The van der Waals surface area contributed by atoms with Gasteiger partial charge >= 0.3 is 0 Å². The summed E-state index contributed by atoms with van der Waals surface area (Å²) >= 11 is 5.94. The van der Waals surface area contributed by atoms with Gasteiger partial charge in [0, 0.05) is 54.6 Å². The molecule has 0 saturated carbocycles. The Morgan fingerprint density at radius 1 is 1.26 bits per heavy atom. The molecule has 0 unspecified atom stereocenters. The van der Waals surface area contributed by atoms with E-state index in [1.807, 2.05) is 18.2 Å². The first kappa shape index (κ1) is 17.7. The molecule has 1 aliphatic heterocycles. The van der Waals surface area contributed by atoms with E-state index in [9.17, 15) is 4.79 Å². The van der Waals surface area contributed by atoms with Gasteiger partial charge in [0.1, 0.15) is 11.6 Å². The first-order valence-electron chi connectivity index (χ1n) is 8.71. The van der Waals surface area contributed by atoms with Gasteiger partial charge in [-0.15, -0.1) is 0 Å². The molecule has 0 saturated heterocycles. The lowest BCUT2D eigenvalue weighted by atomic mass is 10.1. The van der Waals surface area contributed by atoms with Gasteiger partial charge in [-0.2, -0.15) is 0 Å². The lowest BCUT2D eigenvalue weighted by molar-refractivity contribution is 0.238. The Labute approximate surface area is 161 Å². The maximum absolute atomic E-state index is 12.7. The van der Waals surface area contributed by atoms with Gasteiger partial charge in [0.15, 0.2) is 0 Å². The lowest BCUT2D eigenvalue weighted by Crippen LogP contribution is -2.35. The third-order valence-corrected chi connectivity index (χ3v) is 4.99. The second-order valence-electron chi connectivity index (χ2n) is 6.49. The van der Waals surface area contributed by atoms with Crippen molar-refractivity contribution < 1.29 is 4.74 Å². The van der Waals surface area contributed by atoms with E-state index in [4.69, 9.17) is 16.3 Å². The predicted molar refractivity (Wildman–Crippen MR) is 104 cm³/mol. The number of pyridine rings is 1. The Balaban J connectivity index is 1.58. The van der Waals surface area contributed by atoms with E-state index in [-0.39, 0.29) is 5.56 Å². The quantitative estimate of drug-likeness (QED) is 0.750. The third kappa shape index (κ3) is 3.72. The number of nitrogens with one attached hydrogen (secondary N) is 1. The van der Waals surface area contributed by atoms with E-state index < -0.39 is 0 Å². The van der Waals surface area contributed by atoms with Gasteiger partial charge in [0.25, 0.3) is 5.56 Å². The molecule has 6 nitrogen and oxygen atoms in total. The van der Waals surface area contributed by atoms with Crippen LogP contribution in [-0.4, -0.2) is 33.5 Å². The molecule has 27 heavy (non-hydrogen) atoms. The summed E-state index contributed by atoms with van der Waals surface area (Å²) in [5.41, 5.74) is 3.35. The average Bonchev–Trinajstić information content (AvgIpc) is 2.69. The number of halogens is 1. The summed E-state index contributed by atoms with van der Waals surface area (Å²) in [5, 5.41) is 0.653. The molecule has 0 spiro atoms. The first-order chi connectivity index (χ1) is 13.1. The number of nitrogens with zero attached hydrogens (tertiary/aromatic N) is 3. The van der Waals surface area contributed by atoms with Crippen molar-refractivity contribution in [3.8, 4) is 17.1 Å². The highest BCUT2D eigenvalue weighted by molar-refractivity contribution is 6.30. The maximum atomic E-state index is 12.7. The van der Waals surface area contributed by atoms with Crippen molar-refractivity contribution in [3.05, 3.63) is 74.9 Å². The standard InChI is InChI=1S/C20H19ClN4O2/c1-27-18-6-8-22-10-14(18)11-25-9-7-17-16(12-25)20(26)24-19(23-17)13-2-4-15(21)5-3-13/h2-6,8,10H,7,9,11-12H2,1H3,(H,23,24,26). The minimum Gasteiger partial charge on any atom is -0.496 e. The summed E-state index contributed by atoms with van der Waals surface area (Å²) in [6.45, 7) is 2.05. The van der Waals surface area contributed by atoms with Crippen molar-refractivity contribution in [3.63, 3.8) is 0 Å². The van der Waals surface area contributed by atoms with E-state index in [1.165, 1.54) is 0 Å². The van der Waals surface area contributed by atoms with Gasteiger partial charge < -0.3 is 9.72 Å². The van der Waals surface area contributed by atoms with E-state index in [0.717, 1.165) is 41.1 Å². The summed E-state index contributed by atoms with van der Waals surface area (Å²) in [6.07, 6.45) is 4.24. The lowest BCUT2D eigenvalue weighted by Gasteiger charge is -2.28. The summed E-state index contributed by atoms with van der Waals surface area (Å²) in [5.74, 6) is 1.39. The van der Waals surface area contributed by atoms with Crippen LogP contribution in [0, 0.1) is 0 Å². The number of rotatable bonds is 4. The molecule has 2 aromatic heterocycles. The molecular formula is C20H19ClN4O2. The molecule has 0 bridgehead atoms. The van der Waals surface area contributed by atoms with Crippen molar-refractivity contribution in [1.29, 1.82) is 0 Å². The molecule has 0 aliphatic carbocycles. The summed E-state index contributed by atoms with van der Waals surface area (Å²) in [6, 6.07) is 9.15. The summed E-state index contributed by atoms with van der Waals surface area (Å²) < 4.78 is 5.40. The Kier molecular flexibility index (Phi) is 4.92. The maximum Gasteiger partial charge on any atom is 0.255 e. The molecule has 1 aromatic carbocycles. The molecule has 0 amide bonds. The van der Waals surface area contributed by atoms with Crippen molar-refractivity contribution in [2.75, 3.05) is 13.7 Å². The molecule has 0 fully saturated rings. The van der Waals surface area contributed by atoms with E-state index >= 15 is 0 Å². The van der Waals surface area contributed by atoms with Gasteiger partial charge in [-0.05, 0) is 30.3 Å². The molecule has 4 rings (SSSR count). The summed E-state index contributed by atoms with van der Waals surface area (Å²) in [4.78, 5) is 26.6. The van der Waals surface area contributed by atoms with Crippen molar-refractivity contribution in [2.45, 2.75) is 19.5 Å². The SMILES string of the molecule is COc1ccncc1CN1CCc2nc(-c3ccc(Cl)cc3)[nH]c(=O)c2C1. The number of hydrogen-bond donors (Lipinski definition) is 1. The number of benzene rings is 1. The molecule has 0 atom stereocenters. The van der Waals surface area contributed by atoms with Crippen molar-refractivity contribution in [2.24, 2.45) is 0 Å². The van der Waals surface area contributed by atoms with E-state index in [2.05, 4.69) is 19.9 Å². The second kappa shape index (κ2) is 7.50. The summed E-state index contributed by atoms with van der Waals surface area (Å²) in [7, 11) is 1.65. The fourth-order valence-corrected chi connectivity index (χ4v) is 3.46. The van der Waals surface area contributed by atoms with Crippen molar-refractivity contribution in [1.82, 2.24) is 19.9 Å². The molecule has 1 N–H and O–H groups in total. The molecule has 3 heterocycles. The van der Waals surface area contributed by atoms with Gasteiger partial charge in [-0.3, -0.25) is 14.7 Å². The molecule has 3 aromatic rings. The highest BCUT2D eigenvalue weighted by Gasteiger charge is 2.22. The number of aromatic amines is 1. The van der Waals surface area contributed by atoms with Crippen LogP contribution in [0.5, 0.6) is 5.75 Å². The minimum absolute atomic E-state index is 0.0900. The fourth-order valence-electron chi connectivity index (χ4n) is 3.33. The second-order valence-corrected chi connectivity index (χ2v) is 6.93. The number of hydrogen-bond acceptors (Lipinski definition) is 5. The Morgan fingerprint density at radius 3 is 2.85 bits per heavy atom. The van der Waals surface area contributed by atoms with Gasteiger partial charge in [0.2, 0.25) is 0 Å². The first-order valence-corrected chi connectivity index (χ1v) is 9.09. The van der Waals surface area contributed by atoms with E-state index in [0.29, 0.717) is 23.9 Å². The van der Waals surface area contributed by atoms with Crippen LogP contribution in [0.4, 0.5) is 0 Å². The zero-order valence-electron chi connectivity index (χ0n) is 14.9. The van der Waals surface area contributed by atoms with E-state index in [1.54, 1.807) is 31.6 Å². The van der Waals surface area contributed by atoms with Gasteiger partial charge in [0.05, 0.1) is 18.4 Å². The van der Waals surface area contributed by atoms with Crippen LogP contribution >= 0.6 is 11.6 Å². The molecule has 7 heteroatoms. The number of methoxy groups -OCH3 is 1. The van der Waals surface area contributed by atoms with Crippen molar-refractivity contribution >= 4 is 11.6 Å². The molecular weight excluding hydrogens is 364 g/mol. The van der Waals surface area contributed by atoms with Crippen LogP contribution in [0.1, 0.15) is 16.8 Å². The van der Waals surface area contributed by atoms with Crippen LogP contribution in [0.25, 0.3) is 11.4 Å². The number of fused-ring (bicyclic) bond motifs is 1. The highest BCUT2D eigenvalue weighted by atomic mass is 35.5. The third-order valence-electron chi connectivity index (χ3n) is 4.74. The molecule has 1 aliphatic rings. The topological polar surface area (TPSA) is 71.1 Å². The van der Waals surface area contributed by atoms with Gasteiger partial charge in [-0.25, -0.2) is 4.98 Å². The number of H-pyrrole nitrogens is 1. The van der Waals surface area contributed by atoms with Crippen LogP contribution < -0.4 is 10.3 Å². The smallest absolute Gasteiger partial charge is 0.255 e.